The fourth-order valence-corrected chi connectivity index (χ4v) is 7.18. The van der Waals surface area contributed by atoms with Crippen molar-refractivity contribution in [2.45, 2.75) is 32.1 Å². The van der Waals surface area contributed by atoms with Crippen LogP contribution in [0.4, 0.5) is 4.79 Å². The molecule has 3 amide bonds. The summed E-state index contributed by atoms with van der Waals surface area (Å²) in [5, 5.41) is 6.96. The van der Waals surface area contributed by atoms with Crippen LogP contribution in [-0.4, -0.2) is 55.8 Å². The van der Waals surface area contributed by atoms with Crippen molar-refractivity contribution in [1.29, 1.82) is 0 Å². The zero-order chi connectivity index (χ0) is 26.0. The molecule has 2 fully saturated rings. The van der Waals surface area contributed by atoms with Gasteiger partial charge in [0.05, 0.1) is 11.1 Å². The Morgan fingerprint density at radius 3 is 2.65 bits per heavy atom. The number of carbonyl (C=O) groups is 2. The van der Waals surface area contributed by atoms with Crippen molar-refractivity contribution in [3.05, 3.63) is 53.2 Å². The Hall–Kier alpha value is -2.69. The maximum Gasteiger partial charge on any atom is 0.329 e. The van der Waals surface area contributed by atoms with Crippen molar-refractivity contribution in [3.8, 4) is 0 Å². The van der Waals surface area contributed by atoms with Gasteiger partial charge in [-0.25, -0.2) is 9.52 Å². The summed E-state index contributed by atoms with van der Waals surface area (Å²) in [6.45, 7) is 1.63. The number of halogens is 1. The van der Waals surface area contributed by atoms with Crippen LogP contribution >= 0.6 is 11.6 Å². The Labute approximate surface area is 222 Å². The van der Waals surface area contributed by atoms with Gasteiger partial charge in [-0.2, -0.15) is 12.7 Å². The van der Waals surface area contributed by atoms with E-state index in [0.29, 0.717) is 72.9 Å². The molecule has 2 aromatic rings. The van der Waals surface area contributed by atoms with E-state index in [0.717, 1.165) is 24.6 Å². The number of hydrogen-bond donors (Lipinski definition) is 3. The van der Waals surface area contributed by atoms with Gasteiger partial charge in [-0.05, 0) is 74.0 Å². The van der Waals surface area contributed by atoms with Crippen LogP contribution in [0.1, 0.15) is 42.5 Å². The van der Waals surface area contributed by atoms with Crippen LogP contribution in [0.3, 0.4) is 0 Å². The van der Waals surface area contributed by atoms with Crippen LogP contribution in [0, 0.1) is 23.7 Å². The zero-order valence-corrected chi connectivity index (χ0v) is 22.1. The third-order valence-corrected chi connectivity index (χ3v) is 9.54. The number of fused-ring (bicyclic) bond motifs is 3. The normalized spacial score (nSPS) is 23.9. The van der Waals surface area contributed by atoms with Crippen LogP contribution in [0.5, 0.6) is 0 Å². The van der Waals surface area contributed by atoms with E-state index in [4.69, 9.17) is 11.6 Å². The summed E-state index contributed by atoms with van der Waals surface area (Å²) >= 11 is 6.17. The molecule has 1 saturated heterocycles. The van der Waals surface area contributed by atoms with Gasteiger partial charge in [0.2, 0.25) is 0 Å². The summed E-state index contributed by atoms with van der Waals surface area (Å²) in [5.41, 5.74) is 1.04. The highest BCUT2D eigenvalue weighted by Crippen LogP contribution is 2.42. The molecule has 1 aliphatic heterocycles. The Balaban J connectivity index is 1.04. The number of benzene rings is 1. The second kappa shape index (κ2) is 11.0. The molecule has 198 valence electrons. The Morgan fingerprint density at radius 2 is 1.92 bits per heavy atom. The van der Waals surface area contributed by atoms with Crippen LogP contribution in [-0.2, 0) is 10.2 Å². The van der Waals surface area contributed by atoms with Crippen molar-refractivity contribution in [2.24, 2.45) is 23.7 Å². The summed E-state index contributed by atoms with van der Waals surface area (Å²) < 4.78 is 28.9. The average molecular weight is 546 g/mol. The fraction of sp³-hybridized carbons (Fsp3) is 0.500. The second-order valence-electron chi connectivity index (χ2n) is 10.3. The average Bonchev–Trinajstić information content (AvgIpc) is 3.51. The number of allylic oxidation sites excluding steroid dienone is 2. The van der Waals surface area contributed by atoms with E-state index < -0.39 is 16.2 Å². The molecule has 3 N–H and O–H groups in total. The summed E-state index contributed by atoms with van der Waals surface area (Å²) in [5.74, 6) is 1.52. The van der Waals surface area contributed by atoms with Gasteiger partial charge in [0.25, 0.3) is 5.91 Å². The number of hydrogen-bond acceptors (Lipinski definition) is 5. The van der Waals surface area contributed by atoms with Crippen molar-refractivity contribution in [2.75, 3.05) is 26.2 Å². The molecule has 2 aliphatic carbocycles. The van der Waals surface area contributed by atoms with Crippen LogP contribution < -0.4 is 15.4 Å². The molecule has 11 heteroatoms. The van der Waals surface area contributed by atoms with Gasteiger partial charge in [0.15, 0.2) is 0 Å². The highest BCUT2D eigenvalue weighted by atomic mass is 35.5. The van der Waals surface area contributed by atoms with E-state index in [1.165, 1.54) is 4.31 Å². The van der Waals surface area contributed by atoms with Gasteiger partial charge in [0.1, 0.15) is 0 Å². The molecule has 1 saturated carbocycles. The predicted octanol–water partition coefficient (Wildman–Crippen LogP) is 3.48. The molecule has 3 atom stereocenters. The molecular formula is C26H32ClN5O4S. The van der Waals surface area contributed by atoms with Gasteiger partial charge >= 0.3 is 16.2 Å². The van der Waals surface area contributed by atoms with Crippen molar-refractivity contribution >= 4 is 44.7 Å². The van der Waals surface area contributed by atoms with Gasteiger partial charge < -0.3 is 10.6 Å². The molecule has 37 heavy (non-hydrogen) atoms. The molecule has 9 nitrogen and oxygen atoms in total. The predicted molar refractivity (Wildman–Crippen MR) is 142 cm³/mol. The van der Waals surface area contributed by atoms with E-state index in [2.05, 4.69) is 32.5 Å². The van der Waals surface area contributed by atoms with E-state index in [-0.39, 0.29) is 11.8 Å². The molecule has 0 radical (unpaired) electrons. The summed E-state index contributed by atoms with van der Waals surface area (Å²) in [6, 6.07) is 6.39. The number of rotatable bonds is 8. The number of carbonyl (C=O) groups excluding carboxylic acids is 2. The number of urea groups is 1. The molecule has 1 aromatic carbocycles. The Kier molecular flexibility index (Phi) is 7.69. The Morgan fingerprint density at radius 1 is 1.11 bits per heavy atom. The number of aromatic nitrogens is 1. The number of nitrogens with one attached hydrogen (secondary N) is 3. The lowest BCUT2D eigenvalue weighted by atomic mass is 9.94. The monoisotopic (exact) mass is 545 g/mol. The Bertz CT molecular complexity index is 1310. The maximum atomic E-state index is 12.8. The van der Waals surface area contributed by atoms with Gasteiger partial charge in [-0.3, -0.25) is 9.78 Å². The smallest absolute Gasteiger partial charge is 0.329 e. The second-order valence-corrected chi connectivity index (χ2v) is 12.4. The number of piperidine rings is 1. The molecule has 0 spiro atoms. The minimum atomic E-state index is -3.89. The van der Waals surface area contributed by atoms with Crippen molar-refractivity contribution in [1.82, 2.24) is 24.6 Å². The van der Waals surface area contributed by atoms with Crippen molar-refractivity contribution in [3.63, 3.8) is 0 Å². The lowest BCUT2D eigenvalue weighted by Crippen LogP contribution is -2.50. The van der Waals surface area contributed by atoms with Crippen LogP contribution in [0.2, 0.25) is 5.02 Å². The van der Waals surface area contributed by atoms with Gasteiger partial charge in [0, 0.05) is 42.8 Å². The first-order chi connectivity index (χ1) is 17.8. The fourth-order valence-electron chi connectivity index (χ4n) is 5.82. The first-order valence-electron chi connectivity index (χ1n) is 12.8. The molecular weight excluding hydrogens is 514 g/mol. The number of nitrogens with zero attached hydrogens (tertiary/aromatic N) is 2. The van der Waals surface area contributed by atoms with Gasteiger partial charge in [-0.15, -0.1) is 0 Å². The SMILES string of the molecule is O=C(NC[C@@H]1C[C@@H]2C=C[C@@H]1C2)NS(=O)(=O)N1CCC(CCNC(=O)c2cc(Cl)cc3cccnc23)CC1. The summed E-state index contributed by atoms with van der Waals surface area (Å²) in [7, 11) is -3.89. The lowest BCUT2D eigenvalue weighted by molar-refractivity contribution is 0.0951. The molecule has 2 bridgehead atoms. The molecule has 2 heterocycles. The maximum absolute atomic E-state index is 12.8. The van der Waals surface area contributed by atoms with Crippen LogP contribution in [0.15, 0.2) is 42.6 Å². The first-order valence-corrected chi connectivity index (χ1v) is 14.7. The lowest BCUT2D eigenvalue weighted by Gasteiger charge is -2.31. The third kappa shape index (κ3) is 6.08. The number of amides is 3. The minimum absolute atomic E-state index is 0.233. The van der Waals surface area contributed by atoms with E-state index in [9.17, 15) is 18.0 Å². The zero-order valence-electron chi connectivity index (χ0n) is 20.5. The van der Waals surface area contributed by atoms with Crippen molar-refractivity contribution < 1.29 is 18.0 Å². The summed E-state index contributed by atoms with van der Waals surface area (Å²) in [4.78, 5) is 29.3. The molecule has 0 unspecified atom stereocenters. The number of pyridine rings is 1. The highest BCUT2D eigenvalue weighted by Gasteiger charge is 2.36. The third-order valence-electron chi connectivity index (χ3n) is 7.83. The van der Waals surface area contributed by atoms with E-state index in [1.807, 2.05) is 6.07 Å². The standard InChI is InChI=1S/C26H32ClN5O4S/c27-22-14-20-2-1-8-28-24(20)23(15-22)25(33)29-9-5-17-6-10-32(11-7-17)37(35,36)31-26(34)30-16-21-13-18-3-4-19(21)12-18/h1-4,8,14-15,17-19,21H,5-7,9-13,16H2,(H,29,33)(H2,30,31,34)/t18-,19-,21+/m1/s1. The van der Waals surface area contributed by atoms with E-state index >= 15 is 0 Å². The highest BCUT2D eigenvalue weighted by molar-refractivity contribution is 7.87. The largest absolute Gasteiger partial charge is 0.352 e. The molecule has 3 aliphatic rings. The topological polar surface area (TPSA) is 121 Å². The quantitative estimate of drug-likeness (QED) is 0.439. The minimum Gasteiger partial charge on any atom is -0.352 e. The molecule has 1 aromatic heterocycles. The summed E-state index contributed by atoms with van der Waals surface area (Å²) in [6.07, 6.45) is 10.3. The van der Waals surface area contributed by atoms with E-state index in [1.54, 1.807) is 24.4 Å². The van der Waals surface area contributed by atoms with Gasteiger partial charge in [-0.1, -0.05) is 29.8 Å². The molecule has 5 rings (SSSR count). The first kappa shape index (κ1) is 25.9. The van der Waals surface area contributed by atoms with Crippen LogP contribution in [0.25, 0.3) is 10.9 Å².